The Bertz CT molecular complexity index is 2550. The largest absolute Gasteiger partial charge is 0.488 e. The highest BCUT2D eigenvalue weighted by atomic mass is 16.5. The molecule has 0 aliphatic carbocycles. The van der Waals surface area contributed by atoms with Gasteiger partial charge in [0.25, 0.3) is 0 Å². The molecule has 6 atom stereocenters. The lowest BCUT2D eigenvalue weighted by molar-refractivity contribution is -0.137. The summed E-state index contributed by atoms with van der Waals surface area (Å²) in [4.78, 5) is 73.0. The first kappa shape index (κ1) is 44.4. The van der Waals surface area contributed by atoms with Crippen LogP contribution in [0.15, 0.2) is 48.7 Å². The molecule has 0 radical (unpaired) electrons. The summed E-state index contributed by atoms with van der Waals surface area (Å²) in [5.74, 6) is 1.72. The molecule has 5 aromatic rings. The Morgan fingerprint density at radius 1 is 0.859 bits per heavy atom. The summed E-state index contributed by atoms with van der Waals surface area (Å²) in [6.07, 6.45) is 4.64. The number of aromatic amines is 2. The number of aromatic nitrogens is 4. The number of nitrogens with one attached hydrogen (secondary N) is 4. The van der Waals surface area contributed by atoms with E-state index < -0.39 is 24.3 Å². The zero-order valence-corrected chi connectivity index (χ0v) is 37.9. The standard InChI is InChI=1S/C48H60N8O8/c1-25(2)41(54-48(60)62-8)46(58)56-27(5)11-18-39(56)43-49-23-37(51-43)30-13-15-32-31(20-30)24-63-40-22-33-29(21-34(32)40)14-17-35-42(33)53-44(50-35)38-10-9-19-55(38)45(57)36(52-47(59)61-7)16-12-28(6)64-26(3)4/h13-15,17,20-23,25-28,36,38-39,41H,9-12,16,18-19,24H2,1-8H3,(H,49,51)(H,50,53)(H,52,59)(H,54,60). The Balaban J connectivity index is 1.02. The minimum Gasteiger partial charge on any atom is -0.488 e. The SMILES string of the molecule is COC(=O)NC(CCC(C)OC(C)C)C(=O)N1CCCC1c1nc2c(ccc3cc4c(cc32)OCc2cc(-c3cnc(C5CCC(C)N5C(=O)C(NC(=O)OC)C(C)C)[nH]3)ccc2-4)[nH]1. The summed E-state index contributed by atoms with van der Waals surface area (Å²) >= 11 is 0. The van der Waals surface area contributed by atoms with Gasteiger partial charge in [0.1, 0.15) is 36.1 Å². The van der Waals surface area contributed by atoms with E-state index >= 15 is 0 Å². The van der Waals surface area contributed by atoms with E-state index in [-0.39, 0.29) is 48.1 Å². The summed E-state index contributed by atoms with van der Waals surface area (Å²) in [5, 5.41) is 7.45. The van der Waals surface area contributed by atoms with Gasteiger partial charge in [-0.05, 0) is 118 Å². The lowest BCUT2D eigenvalue weighted by atomic mass is 9.92. The van der Waals surface area contributed by atoms with Gasteiger partial charge >= 0.3 is 12.2 Å². The number of rotatable bonds is 13. The van der Waals surface area contributed by atoms with Gasteiger partial charge in [-0.25, -0.2) is 19.6 Å². The smallest absolute Gasteiger partial charge is 0.407 e. The first-order chi connectivity index (χ1) is 30.7. The number of ether oxygens (including phenoxy) is 4. The molecular formula is C48H60N8O8. The molecule has 0 saturated carbocycles. The molecule has 0 bridgehead atoms. The molecular weight excluding hydrogens is 817 g/mol. The molecule has 3 aliphatic heterocycles. The van der Waals surface area contributed by atoms with Crippen LogP contribution < -0.4 is 15.4 Å². The second-order valence-electron chi connectivity index (χ2n) is 18.0. The van der Waals surface area contributed by atoms with Crippen molar-refractivity contribution < 1.29 is 38.1 Å². The molecule has 5 heterocycles. The zero-order chi connectivity index (χ0) is 45.4. The molecule has 2 aromatic heterocycles. The van der Waals surface area contributed by atoms with E-state index in [2.05, 4.69) is 57.0 Å². The van der Waals surface area contributed by atoms with E-state index in [1.165, 1.54) is 14.2 Å². The molecule has 4 N–H and O–H groups in total. The number of benzene rings is 3. The van der Waals surface area contributed by atoms with E-state index in [9.17, 15) is 19.2 Å². The van der Waals surface area contributed by atoms with Crippen LogP contribution in [0.25, 0.3) is 44.2 Å². The van der Waals surface area contributed by atoms with Gasteiger partial charge in [0.05, 0.1) is 61.4 Å². The van der Waals surface area contributed by atoms with Crippen LogP contribution in [-0.2, 0) is 30.4 Å². The number of carbonyl (C=O) groups excluding carboxylic acids is 4. The molecule has 64 heavy (non-hydrogen) atoms. The molecule has 16 nitrogen and oxygen atoms in total. The fraction of sp³-hybridized carbons (Fsp3) is 0.500. The first-order valence-electron chi connectivity index (χ1n) is 22.5. The van der Waals surface area contributed by atoms with Crippen LogP contribution in [0.3, 0.4) is 0 Å². The predicted molar refractivity (Wildman–Crippen MR) is 241 cm³/mol. The topological polar surface area (TPSA) is 193 Å². The number of imidazole rings is 2. The van der Waals surface area contributed by atoms with Crippen LogP contribution in [0, 0.1) is 5.92 Å². The van der Waals surface area contributed by atoms with Gasteiger partial charge < -0.3 is 49.3 Å². The summed E-state index contributed by atoms with van der Waals surface area (Å²) in [6, 6.07) is 12.6. The fourth-order valence-electron chi connectivity index (χ4n) is 9.67. The number of methoxy groups -OCH3 is 2. The van der Waals surface area contributed by atoms with Crippen molar-refractivity contribution in [2.75, 3.05) is 20.8 Å². The summed E-state index contributed by atoms with van der Waals surface area (Å²) in [6.45, 7) is 12.7. The van der Waals surface area contributed by atoms with Gasteiger partial charge in [-0.2, -0.15) is 0 Å². The van der Waals surface area contributed by atoms with Gasteiger partial charge in [-0.1, -0.05) is 32.0 Å². The van der Waals surface area contributed by atoms with Crippen molar-refractivity contribution in [1.29, 1.82) is 0 Å². The molecule has 2 saturated heterocycles. The molecule has 0 spiro atoms. The van der Waals surface area contributed by atoms with E-state index in [1.54, 1.807) is 0 Å². The predicted octanol–water partition coefficient (Wildman–Crippen LogP) is 8.08. The van der Waals surface area contributed by atoms with Crippen LogP contribution in [-0.4, -0.2) is 105 Å². The van der Waals surface area contributed by atoms with Crippen molar-refractivity contribution in [2.45, 2.75) is 129 Å². The van der Waals surface area contributed by atoms with E-state index in [0.717, 1.165) is 81.2 Å². The van der Waals surface area contributed by atoms with Crippen LogP contribution in [0.4, 0.5) is 9.59 Å². The maximum Gasteiger partial charge on any atom is 0.407 e. The van der Waals surface area contributed by atoms with Crippen molar-refractivity contribution >= 4 is 45.8 Å². The van der Waals surface area contributed by atoms with Crippen molar-refractivity contribution in [3.05, 3.63) is 65.9 Å². The van der Waals surface area contributed by atoms with E-state index in [0.29, 0.717) is 37.6 Å². The van der Waals surface area contributed by atoms with Crippen molar-refractivity contribution in [2.24, 2.45) is 5.92 Å². The highest BCUT2D eigenvalue weighted by Crippen LogP contribution is 2.44. The third kappa shape index (κ3) is 8.84. The Kier molecular flexibility index (Phi) is 12.9. The molecule has 8 rings (SSSR count). The van der Waals surface area contributed by atoms with E-state index in [1.807, 2.05) is 63.6 Å². The van der Waals surface area contributed by atoms with Crippen LogP contribution in [0.1, 0.15) is 109 Å². The monoisotopic (exact) mass is 876 g/mol. The molecule has 2 fully saturated rings. The fourth-order valence-corrected chi connectivity index (χ4v) is 9.67. The molecule has 6 unspecified atom stereocenters. The Hall–Kier alpha value is -6.16. The van der Waals surface area contributed by atoms with Gasteiger partial charge in [0.2, 0.25) is 11.8 Å². The average Bonchev–Trinajstić information content (AvgIpc) is 4.11. The first-order valence-corrected chi connectivity index (χ1v) is 22.5. The maximum absolute atomic E-state index is 14.1. The Morgan fingerprint density at radius 3 is 2.39 bits per heavy atom. The number of hydrogen-bond acceptors (Lipinski definition) is 10. The second kappa shape index (κ2) is 18.5. The number of fused-ring (bicyclic) bond motifs is 6. The second-order valence-corrected chi connectivity index (χ2v) is 18.0. The van der Waals surface area contributed by atoms with Crippen molar-refractivity contribution in [3.8, 4) is 28.1 Å². The number of carbonyl (C=O) groups is 4. The number of amides is 4. The highest BCUT2D eigenvalue weighted by molar-refractivity contribution is 6.07. The van der Waals surface area contributed by atoms with Crippen LogP contribution in [0.5, 0.6) is 5.75 Å². The third-order valence-corrected chi connectivity index (χ3v) is 12.9. The molecule has 340 valence electrons. The minimum atomic E-state index is -0.762. The number of hydrogen-bond donors (Lipinski definition) is 4. The number of likely N-dealkylation sites (tertiary alicyclic amines) is 2. The lowest BCUT2D eigenvalue weighted by Crippen LogP contribution is -2.52. The van der Waals surface area contributed by atoms with Gasteiger partial charge in [0.15, 0.2) is 0 Å². The molecule has 3 aliphatic rings. The summed E-state index contributed by atoms with van der Waals surface area (Å²) < 4.78 is 22.0. The van der Waals surface area contributed by atoms with Crippen molar-refractivity contribution in [1.82, 2.24) is 40.4 Å². The third-order valence-electron chi connectivity index (χ3n) is 12.9. The number of nitrogens with zero attached hydrogens (tertiary/aromatic N) is 4. The lowest BCUT2D eigenvalue weighted by Gasteiger charge is -2.32. The number of alkyl carbamates (subject to hydrolysis) is 2. The van der Waals surface area contributed by atoms with Gasteiger partial charge in [-0.15, -0.1) is 0 Å². The Labute approximate surface area is 373 Å². The maximum atomic E-state index is 14.1. The van der Waals surface area contributed by atoms with Crippen LogP contribution >= 0.6 is 0 Å². The molecule has 16 heteroatoms. The summed E-state index contributed by atoms with van der Waals surface area (Å²) in [5.41, 5.74) is 6.55. The normalized spacial score (nSPS) is 19.6. The van der Waals surface area contributed by atoms with Crippen molar-refractivity contribution in [3.63, 3.8) is 0 Å². The van der Waals surface area contributed by atoms with Crippen LogP contribution in [0.2, 0.25) is 0 Å². The Morgan fingerprint density at radius 2 is 1.64 bits per heavy atom. The zero-order valence-electron chi connectivity index (χ0n) is 37.9. The molecule has 4 amide bonds. The van der Waals surface area contributed by atoms with E-state index in [4.69, 9.17) is 28.9 Å². The van der Waals surface area contributed by atoms with Gasteiger partial charge in [0, 0.05) is 23.5 Å². The highest BCUT2D eigenvalue weighted by Gasteiger charge is 2.41. The molecule has 3 aromatic carbocycles. The average molecular weight is 877 g/mol. The number of H-pyrrole nitrogens is 2. The summed E-state index contributed by atoms with van der Waals surface area (Å²) in [7, 11) is 2.59. The minimum absolute atomic E-state index is 0.0192. The van der Waals surface area contributed by atoms with Gasteiger partial charge in [-0.3, -0.25) is 9.59 Å². The quantitative estimate of drug-likeness (QED) is 0.0899.